The van der Waals surface area contributed by atoms with Crippen LogP contribution in [0.1, 0.15) is 37.9 Å². The quantitative estimate of drug-likeness (QED) is 0.763. The van der Waals surface area contributed by atoms with Crippen LogP contribution in [0.4, 0.5) is 11.5 Å². The number of amides is 2. The molecule has 1 N–H and O–H groups in total. The van der Waals surface area contributed by atoms with E-state index in [1.165, 1.54) is 11.2 Å². The number of aromatic nitrogens is 1. The fourth-order valence-electron chi connectivity index (χ4n) is 4.60. The van der Waals surface area contributed by atoms with Crippen LogP contribution in [0.25, 0.3) is 0 Å². The summed E-state index contributed by atoms with van der Waals surface area (Å²) < 4.78 is 27.9. The zero-order valence-electron chi connectivity index (χ0n) is 18.5. The van der Waals surface area contributed by atoms with Gasteiger partial charge < -0.3 is 10.2 Å². The Balaban J connectivity index is 1.43. The minimum atomic E-state index is -3.67. The second-order valence-corrected chi connectivity index (χ2v) is 10.5. The van der Waals surface area contributed by atoms with Gasteiger partial charge in [0.05, 0.1) is 4.90 Å². The van der Waals surface area contributed by atoms with E-state index in [0.29, 0.717) is 25.1 Å². The van der Waals surface area contributed by atoms with Crippen LogP contribution in [-0.4, -0.2) is 48.7 Å². The number of pyridine rings is 1. The van der Waals surface area contributed by atoms with Gasteiger partial charge in [-0.05, 0) is 69.0 Å². The molecule has 0 aliphatic carbocycles. The Bertz CT molecular complexity index is 1160. The number of benzene rings is 1. The fourth-order valence-corrected chi connectivity index (χ4v) is 6.12. The van der Waals surface area contributed by atoms with Crippen molar-refractivity contribution < 1.29 is 18.0 Å². The summed E-state index contributed by atoms with van der Waals surface area (Å²) in [5.74, 6) is 0.0786. The van der Waals surface area contributed by atoms with Gasteiger partial charge in [-0.25, -0.2) is 13.4 Å². The maximum Gasteiger partial charge on any atom is 0.243 e. The van der Waals surface area contributed by atoms with Crippen LogP contribution >= 0.6 is 0 Å². The van der Waals surface area contributed by atoms with Crippen LogP contribution in [-0.2, 0) is 26.0 Å². The highest BCUT2D eigenvalue weighted by Gasteiger charge is 2.34. The summed E-state index contributed by atoms with van der Waals surface area (Å²) in [7, 11) is -3.67. The molecule has 3 heterocycles. The van der Waals surface area contributed by atoms with Crippen LogP contribution in [0.15, 0.2) is 41.3 Å². The molecule has 1 aromatic heterocycles. The number of nitrogens with zero attached hydrogens (tertiary/aromatic N) is 3. The molecule has 0 spiro atoms. The molecule has 0 radical (unpaired) electrons. The van der Waals surface area contributed by atoms with E-state index in [-0.39, 0.29) is 41.8 Å². The van der Waals surface area contributed by atoms with Crippen molar-refractivity contribution in [1.29, 1.82) is 0 Å². The number of carbonyl (C=O) groups is 2. The van der Waals surface area contributed by atoms with Gasteiger partial charge in [-0.2, -0.15) is 4.31 Å². The standard InChI is InChI=1S/C23H28N4O4S/c1-15-5-4-6-22(24-15)25-23(29)18-9-11-26(12-10-18)32(30,31)20-7-8-21-19(14-20)13-16(2)27(21)17(3)28/h4-8,14,16,18H,9-13H2,1-3H3,(H,24,25,29)/t16-/m1/s1. The van der Waals surface area contributed by atoms with Crippen LogP contribution in [0.3, 0.4) is 0 Å². The first kappa shape index (κ1) is 22.4. The number of hydrogen-bond donors (Lipinski definition) is 1. The maximum atomic E-state index is 13.2. The number of fused-ring (bicyclic) bond motifs is 1. The minimum absolute atomic E-state index is 0.0117. The zero-order chi connectivity index (χ0) is 23.0. The Kier molecular flexibility index (Phi) is 6.05. The fraction of sp³-hybridized carbons (Fsp3) is 0.435. The van der Waals surface area contributed by atoms with Gasteiger partial charge in [0.25, 0.3) is 0 Å². The summed E-state index contributed by atoms with van der Waals surface area (Å²) in [5, 5.41) is 2.83. The number of piperidine rings is 1. The van der Waals surface area contributed by atoms with Gasteiger partial charge in [0.1, 0.15) is 5.82 Å². The highest BCUT2D eigenvalue weighted by molar-refractivity contribution is 7.89. The summed E-state index contributed by atoms with van der Waals surface area (Å²) in [5.41, 5.74) is 2.47. The van der Waals surface area contributed by atoms with Crippen molar-refractivity contribution in [2.75, 3.05) is 23.3 Å². The molecule has 1 atom stereocenters. The molecule has 0 unspecified atom stereocenters. The molecule has 4 rings (SSSR count). The highest BCUT2D eigenvalue weighted by Crippen LogP contribution is 2.35. The van der Waals surface area contributed by atoms with E-state index in [2.05, 4.69) is 10.3 Å². The smallest absolute Gasteiger partial charge is 0.243 e. The van der Waals surface area contributed by atoms with Gasteiger partial charge in [0.15, 0.2) is 0 Å². The molecule has 2 aliphatic rings. The molecule has 1 fully saturated rings. The predicted molar refractivity (Wildman–Crippen MR) is 122 cm³/mol. The average molecular weight is 457 g/mol. The van der Waals surface area contributed by atoms with Crippen molar-refractivity contribution in [3.63, 3.8) is 0 Å². The van der Waals surface area contributed by atoms with Crippen LogP contribution in [0.5, 0.6) is 0 Å². The summed E-state index contributed by atoms with van der Waals surface area (Å²) >= 11 is 0. The second kappa shape index (κ2) is 8.63. The number of rotatable bonds is 4. The second-order valence-electron chi connectivity index (χ2n) is 8.56. The Labute approximate surface area is 188 Å². The van der Waals surface area contributed by atoms with Gasteiger partial charge in [-0.15, -0.1) is 0 Å². The molecule has 2 aliphatic heterocycles. The molecule has 32 heavy (non-hydrogen) atoms. The number of sulfonamides is 1. The van der Waals surface area contributed by atoms with E-state index in [0.717, 1.165) is 16.9 Å². The molecule has 0 bridgehead atoms. The number of aryl methyl sites for hydroxylation is 1. The lowest BCUT2D eigenvalue weighted by Crippen LogP contribution is -2.41. The molecule has 2 amide bonds. The summed E-state index contributed by atoms with van der Waals surface area (Å²) in [4.78, 5) is 30.8. The molecule has 1 aromatic carbocycles. The molecule has 9 heteroatoms. The largest absolute Gasteiger partial charge is 0.310 e. The minimum Gasteiger partial charge on any atom is -0.310 e. The van der Waals surface area contributed by atoms with E-state index in [1.54, 1.807) is 29.2 Å². The van der Waals surface area contributed by atoms with Gasteiger partial charge in [0.2, 0.25) is 21.8 Å². The van der Waals surface area contributed by atoms with Gasteiger partial charge >= 0.3 is 0 Å². The van der Waals surface area contributed by atoms with Crippen molar-refractivity contribution in [2.24, 2.45) is 5.92 Å². The third kappa shape index (κ3) is 4.27. The topological polar surface area (TPSA) is 99.7 Å². The Hall–Kier alpha value is -2.78. The lowest BCUT2D eigenvalue weighted by molar-refractivity contribution is -0.121. The van der Waals surface area contributed by atoms with Crippen molar-refractivity contribution >= 4 is 33.3 Å². The monoisotopic (exact) mass is 456 g/mol. The van der Waals surface area contributed by atoms with Crippen LogP contribution < -0.4 is 10.2 Å². The molecular weight excluding hydrogens is 428 g/mol. The van der Waals surface area contributed by atoms with Crippen molar-refractivity contribution in [3.8, 4) is 0 Å². The van der Waals surface area contributed by atoms with Crippen LogP contribution in [0, 0.1) is 12.8 Å². The van der Waals surface area contributed by atoms with E-state index in [9.17, 15) is 18.0 Å². The first-order chi connectivity index (χ1) is 15.2. The number of hydrogen-bond acceptors (Lipinski definition) is 5. The first-order valence-electron chi connectivity index (χ1n) is 10.8. The maximum absolute atomic E-state index is 13.2. The Morgan fingerprint density at radius 2 is 1.84 bits per heavy atom. The van der Waals surface area contributed by atoms with Crippen molar-refractivity contribution in [3.05, 3.63) is 47.7 Å². The summed E-state index contributed by atoms with van der Waals surface area (Å²) in [6.45, 7) is 5.91. The predicted octanol–water partition coefficient (Wildman–Crippen LogP) is 2.73. The van der Waals surface area contributed by atoms with Gasteiger partial charge in [-0.3, -0.25) is 9.59 Å². The molecule has 8 nitrogen and oxygen atoms in total. The average Bonchev–Trinajstić information content (AvgIpc) is 3.09. The number of nitrogens with one attached hydrogen (secondary N) is 1. The Morgan fingerprint density at radius 3 is 2.50 bits per heavy atom. The van der Waals surface area contributed by atoms with Gasteiger partial charge in [0, 0.05) is 43.4 Å². The lowest BCUT2D eigenvalue weighted by atomic mass is 9.97. The van der Waals surface area contributed by atoms with E-state index in [4.69, 9.17) is 0 Å². The summed E-state index contributed by atoms with van der Waals surface area (Å²) in [6.07, 6.45) is 1.54. The SMILES string of the molecule is CC(=O)N1c2ccc(S(=O)(=O)N3CCC(C(=O)Nc4cccc(C)n4)CC3)cc2C[C@H]1C. The van der Waals surface area contributed by atoms with Crippen molar-refractivity contribution in [1.82, 2.24) is 9.29 Å². The van der Waals surface area contributed by atoms with E-state index >= 15 is 0 Å². The number of anilines is 2. The summed E-state index contributed by atoms with van der Waals surface area (Å²) in [6, 6.07) is 10.4. The molecule has 170 valence electrons. The normalized spacial score (nSPS) is 19.6. The van der Waals surface area contributed by atoms with E-state index < -0.39 is 10.0 Å². The molecule has 1 saturated heterocycles. The molecule has 0 saturated carbocycles. The van der Waals surface area contributed by atoms with E-state index in [1.807, 2.05) is 26.0 Å². The highest BCUT2D eigenvalue weighted by atomic mass is 32.2. The third-order valence-corrected chi connectivity index (χ3v) is 8.10. The van der Waals surface area contributed by atoms with Gasteiger partial charge in [-0.1, -0.05) is 6.07 Å². The third-order valence-electron chi connectivity index (χ3n) is 6.21. The lowest BCUT2D eigenvalue weighted by Gasteiger charge is -2.30. The zero-order valence-corrected chi connectivity index (χ0v) is 19.4. The molecule has 2 aromatic rings. The van der Waals surface area contributed by atoms with Crippen molar-refractivity contribution in [2.45, 2.75) is 51.0 Å². The Morgan fingerprint density at radius 1 is 1.12 bits per heavy atom. The van der Waals surface area contributed by atoms with Crippen LogP contribution in [0.2, 0.25) is 0 Å². The first-order valence-corrected chi connectivity index (χ1v) is 12.3. The number of carbonyl (C=O) groups excluding carboxylic acids is 2. The molecular formula is C23H28N4O4S.